The van der Waals surface area contributed by atoms with E-state index in [2.05, 4.69) is 33.0 Å². The third kappa shape index (κ3) is 4.81. The first-order valence-electron chi connectivity index (χ1n) is 8.37. The van der Waals surface area contributed by atoms with Crippen LogP contribution in [0.2, 0.25) is 0 Å². The van der Waals surface area contributed by atoms with Gasteiger partial charge < -0.3 is 5.32 Å². The minimum Gasteiger partial charge on any atom is -0.311 e. The summed E-state index contributed by atoms with van der Waals surface area (Å²) >= 11 is 0. The highest BCUT2D eigenvalue weighted by molar-refractivity contribution is 5.17. The lowest BCUT2D eigenvalue weighted by atomic mass is 9.69. The number of hydrogen-bond acceptors (Lipinski definition) is 1. The molecule has 1 aromatic rings. The first-order valence-corrected chi connectivity index (χ1v) is 8.37. The normalized spacial score (nSPS) is 24.8. The molecule has 1 N–H and O–H groups in total. The van der Waals surface area contributed by atoms with Gasteiger partial charge in [0.2, 0.25) is 0 Å². The predicted octanol–water partition coefficient (Wildman–Crippen LogP) is 4.95. The summed E-state index contributed by atoms with van der Waals surface area (Å²) in [7, 11) is 0. The van der Waals surface area contributed by atoms with Crippen LogP contribution in [0.3, 0.4) is 0 Å². The molecule has 2 heteroatoms. The molecular formula is C19H30FN. The Morgan fingerprint density at radius 3 is 2.62 bits per heavy atom. The van der Waals surface area contributed by atoms with Crippen LogP contribution in [-0.2, 0) is 6.42 Å². The molecule has 1 aliphatic rings. The SMILES string of the molecule is CC(Cc1cccc(F)c1)NC1CCCCC1C(C)(C)C. The zero-order valence-corrected chi connectivity index (χ0v) is 14.0. The van der Waals surface area contributed by atoms with E-state index >= 15 is 0 Å². The smallest absolute Gasteiger partial charge is 0.123 e. The molecule has 0 aliphatic heterocycles. The van der Waals surface area contributed by atoms with Gasteiger partial charge in [0.05, 0.1) is 0 Å². The van der Waals surface area contributed by atoms with E-state index in [0.717, 1.165) is 17.9 Å². The van der Waals surface area contributed by atoms with E-state index in [-0.39, 0.29) is 5.82 Å². The fourth-order valence-corrected chi connectivity index (χ4v) is 3.81. The summed E-state index contributed by atoms with van der Waals surface area (Å²) in [6.45, 7) is 9.29. The lowest BCUT2D eigenvalue weighted by molar-refractivity contribution is 0.124. The van der Waals surface area contributed by atoms with Crippen LogP contribution in [0.1, 0.15) is 58.9 Å². The van der Waals surface area contributed by atoms with Crippen LogP contribution < -0.4 is 5.32 Å². The molecule has 0 spiro atoms. The molecule has 0 saturated heterocycles. The van der Waals surface area contributed by atoms with Gasteiger partial charge in [-0.3, -0.25) is 0 Å². The highest BCUT2D eigenvalue weighted by Crippen LogP contribution is 2.38. The second kappa shape index (κ2) is 6.91. The summed E-state index contributed by atoms with van der Waals surface area (Å²) < 4.78 is 13.3. The molecule has 3 atom stereocenters. The number of rotatable bonds is 4. The minimum absolute atomic E-state index is 0.134. The molecular weight excluding hydrogens is 261 g/mol. The number of hydrogen-bond donors (Lipinski definition) is 1. The molecule has 1 saturated carbocycles. The van der Waals surface area contributed by atoms with Gasteiger partial charge in [0.1, 0.15) is 5.82 Å². The summed E-state index contributed by atoms with van der Waals surface area (Å²) in [6.07, 6.45) is 6.18. The van der Waals surface area contributed by atoms with E-state index in [0.29, 0.717) is 17.5 Å². The maximum atomic E-state index is 13.3. The van der Waals surface area contributed by atoms with E-state index in [1.54, 1.807) is 12.1 Å². The van der Waals surface area contributed by atoms with Crippen LogP contribution in [0.15, 0.2) is 24.3 Å². The van der Waals surface area contributed by atoms with Gasteiger partial charge >= 0.3 is 0 Å². The molecule has 2 rings (SSSR count). The number of benzene rings is 1. The van der Waals surface area contributed by atoms with Crippen molar-refractivity contribution >= 4 is 0 Å². The molecule has 1 aromatic carbocycles. The van der Waals surface area contributed by atoms with Gasteiger partial charge in [-0.25, -0.2) is 4.39 Å². The molecule has 1 aliphatic carbocycles. The van der Waals surface area contributed by atoms with Crippen molar-refractivity contribution in [3.8, 4) is 0 Å². The zero-order valence-electron chi connectivity index (χ0n) is 14.0. The van der Waals surface area contributed by atoms with Crippen LogP contribution in [0, 0.1) is 17.2 Å². The van der Waals surface area contributed by atoms with Crippen molar-refractivity contribution in [1.29, 1.82) is 0 Å². The van der Waals surface area contributed by atoms with Gasteiger partial charge in [-0.15, -0.1) is 0 Å². The second-order valence-electron chi connectivity index (χ2n) is 7.77. The quantitative estimate of drug-likeness (QED) is 0.827. The highest BCUT2D eigenvalue weighted by atomic mass is 19.1. The van der Waals surface area contributed by atoms with Crippen molar-refractivity contribution in [3.05, 3.63) is 35.6 Å². The number of halogens is 1. The Kier molecular flexibility index (Phi) is 5.43. The van der Waals surface area contributed by atoms with Crippen LogP contribution in [0.4, 0.5) is 4.39 Å². The maximum Gasteiger partial charge on any atom is 0.123 e. The molecule has 21 heavy (non-hydrogen) atoms. The van der Waals surface area contributed by atoms with Gasteiger partial charge in [0, 0.05) is 12.1 Å². The van der Waals surface area contributed by atoms with Gasteiger partial charge in [-0.05, 0) is 55.2 Å². The van der Waals surface area contributed by atoms with Crippen molar-refractivity contribution in [3.63, 3.8) is 0 Å². The Balaban J connectivity index is 1.95. The molecule has 1 fully saturated rings. The first-order chi connectivity index (χ1) is 9.86. The topological polar surface area (TPSA) is 12.0 Å². The van der Waals surface area contributed by atoms with E-state index in [4.69, 9.17) is 0 Å². The Hall–Kier alpha value is -0.890. The van der Waals surface area contributed by atoms with E-state index in [1.807, 2.05) is 6.07 Å². The molecule has 1 nitrogen and oxygen atoms in total. The predicted molar refractivity (Wildman–Crippen MR) is 87.9 cm³/mol. The molecule has 118 valence electrons. The third-order valence-electron chi connectivity index (χ3n) is 4.81. The fraction of sp³-hybridized carbons (Fsp3) is 0.684. The molecule has 0 bridgehead atoms. The lowest BCUT2D eigenvalue weighted by Gasteiger charge is -2.42. The average Bonchev–Trinajstić information content (AvgIpc) is 2.37. The fourth-order valence-electron chi connectivity index (χ4n) is 3.81. The summed E-state index contributed by atoms with van der Waals surface area (Å²) in [5, 5.41) is 3.82. The summed E-state index contributed by atoms with van der Waals surface area (Å²) in [5.74, 6) is 0.603. The molecule has 3 unspecified atom stereocenters. The standard InChI is InChI=1S/C19H30FN/c1-14(12-15-8-7-9-16(20)13-15)21-18-11-6-5-10-17(18)19(2,3)4/h7-9,13-14,17-18,21H,5-6,10-12H2,1-4H3. The third-order valence-corrected chi connectivity index (χ3v) is 4.81. The minimum atomic E-state index is -0.134. The van der Waals surface area contributed by atoms with Gasteiger partial charge in [0.25, 0.3) is 0 Å². The summed E-state index contributed by atoms with van der Waals surface area (Å²) in [6, 6.07) is 7.97. The van der Waals surface area contributed by atoms with Gasteiger partial charge in [0.15, 0.2) is 0 Å². The van der Waals surface area contributed by atoms with Crippen LogP contribution in [0.25, 0.3) is 0 Å². The van der Waals surface area contributed by atoms with E-state index in [9.17, 15) is 4.39 Å². The molecule has 0 amide bonds. The van der Waals surface area contributed by atoms with Crippen LogP contribution in [-0.4, -0.2) is 12.1 Å². The average molecular weight is 291 g/mol. The lowest BCUT2D eigenvalue weighted by Crippen LogP contribution is -2.48. The van der Waals surface area contributed by atoms with Crippen LogP contribution >= 0.6 is 0 Å². The number of nitrogens with one attached hydrogen (secondary N) is 1. The van der Waals surface area contributed by atoms with E-state index < -0.39 is 0 Å². The Labute approximate surface area is 129 Å². The molecule has 0 heterocycles. The van der Waals surface area contributed by atoms with E-state index in [1.165, 1.54) is 31.7 Å². The second-order valence-corrected chi connectivity index (χ2v) is 7.77. The molecule has 0 radical (unpaired) electrons. The van der Waals surface area contributed by atoms with Crippen molar-refractivity contribution in [2.45, 2.75) is 71.9 Å². The highest BCUT2D eigenvalue weighted by Gasteiger charge is 2.34. The Morgan fingerprint density at radius 2 is 1.95 bits per heavy atom. The van der Waals surface area contributed by atoms with Gasteiger partial charge in [-0.1, -0.05) is 45.7 Å². The van der Waals surface area contributed by atoms with Crippen molar-refractivity contribution < 1.29 is 4.39 Å². The largest absolute Gasteiger partial charge is 0.311 e. The Morgan fingerprint density at radius 1 is 1.24 bits per heavy atom. The van der Waals surface area contributed by atoms with Gasteiger partial charge in [-0.2, -0.15) is 0 Å². The van der Waals surface area contributed by atoms with Crippen LogP contribution in [0.5, 0.6) is 0 Å². The first kappa shape index (κ1) is 16.5. The monoisotopic (exact) mass is 291 g/mol. The van der Waals surface area contributed by atoms with Crippen molar-refractivity contribution in [2.75, 3.05) is 0 Å². The Bertz CT molecular complexity index is 449. The summed E-state index contributed by atoms with van der Waals surface area (Å²) in [4.78, 5) is 0. The maximum absolute atomic E-state index is 13.3. The molecule has 0 aromatic heterocycles. The summed E-state index contributed by atoms with van der Waals surface area (Å²) in [5.41, 5.74) is 1.44. The zero-order chi connectivity index (χ0) is 15.5. The van der Waals surface area contributed by atoms with Crippen molar-refractivity contribution in [1.82, 2.24) is 5.32 Å². The van der Waals surface area contributed by atoms with Crippen molar-refractivity contribution in [2.24, 2.45) is 11.3 Å².